The largest absolute Gasteiger partial charge is 0.417 e. The van der Waals surface area contributed by atoms with Gasteiger partial charge < -0.3 is 10.2 Å². The Balaban J connectivity index is 1.03. The molecule has 0 aliphatic carbocycles. The van der Waals surface area contributed by atoms with Crippen molar-refractivity contribution in [1.29, 1.82) is 5.26 Å². The van der Waals surface area contributed by atoms with E-state index < -0.39 is 52.9 Å². The molecule has 12 nitrogen and oxygen atoms in total. The quantitative estimate of drug-likeness (QED) is 0.322. The number of hydrogen-bond donors (Lipinski definition) is 2. The standard InChI is InChI=1S/C31H22F3N7O5/c32-31(33,34)24-9-20(4-3-19(24)11-35)37-27(43)16-40-15-17(12-36-40)1-2-18-13-39(14-18)21-5-6-22-23(10-21)30(46)41(29(22)45)25-7-8-26(42)38-28(25)44/h3-6,9-10,12,15,18,25H,7-8,13-14,16H2,(H,37,43)(H,38,42,44). The van der Waals surface area contributed by atoms with E-state index in [1.54, 1.807) is 18.2 Å². The molecule has 5 amide bonds. The van der Waals surface area contributed by atoms with Crippen LogP contribution < -0.4 is 15.5 Å². The Morgan fingerprint density at radius 3 is 2.54 bits per heavy atom. The maximum atomic E-state index is 13.2. The van der Waals surface area contributed by atoms with E-state index in [1.165, 1.54) is 29.2 Å². The summed E-state index contributed by atoms with van der Waals surface area (Å²) in [6, 6.07) is 8.24. The Bertz CT molecular complexity index is 1930. The molecule has 1 atom stereocenters. The van der Waals surface area contributed by atoms with E-state index in [1.807, 2.05) is 4.90 Å². The molecule has 2 saturated heterocycles. The maximum absolute atomic E-state index is 13.2. The fraction of sp³-hybridized carbons (Fsp3) is 0.258. The highest BCUT2D eigenvalue weighted by Gasteiger charge is 2.45. The van der Waals surface area contributed by atoms with Crippen LogP contribution in [0.3, 0.4) is 0 Å². The number of piperidine rings is 1. The van der Waals surface area contributed by atoms with Gasteiger partial charge in [0.2, 0.25) is 17.7 Å². The molecule has 3 aliphatic rings. The average Bonchev–Trinajstić information content (AvgIpc) is 3.52. The molecule has 2 N–H and O–H groups in total. The van der Waals surface area contributed by atoms with E-state index >= 15 is 0 Å². The Hall–Kier alpha value is -5.96. The molecular formula is C31H22F3N7O5. The van der Waals surface area contributed by atoms with Gasteiger partial charge in [-0.25, -0.2) is 0 Å². The summed E-state index contributed by atoms with van der Waals surface area (Å²) in [7, 11) is 0. The maximum Gasteiger partial charge on any atom is 0.417 e. The Labute approximate surface area is 258 Å². The van der Waals surface area contributed by atoms with Crippen LogP contribution in [0.15, 0.2) is 48.8 Å². The van der Waals surface area contributed by atoms with Crippen LogP contribution in [0.2, 0.25) is 0 Å². The lowest BCUT2D eigenvalue weighted by Gasteiger charge is -2.38. The monoisotopic (exact) mass is 629 g/mol. The van der Waals surface area contributed by atoms with Gasteiger partial charge in [0.15, 0.2) is 0 Å². The molecule has 1 unspecified atom stereocenters. The fourth-order valence-corrected chi connectivity index (χ4v) is 5.44. The molecule has 0 radical (unpaired) electrons. The number of nitriles is 1. The van der Waals surface area contributed by atoms with Crippen molar-refractivity contribution in [2.24, 2.45) is 5.92 Å². The number of fused-ring (bicyclic) bond motifs is 1. The first-order valence-corrected chi connectivity index (χ1v) is 14.0. The van der Waals surface area contributed by atoms with Crippen LogP contribution >= 0.6 is 0 Å². The van der Waals surface area contributed by atoms with Gasteiger partial charge in [-0.3, -0.25) is 38.9 Å². The number of nitrogens with zero attached hydrogens (tertiary/aromatic N) is 5. The molecule has 1 aromatic heterocycles. The SMILES string of the molecule is N#Cc1ccc(NC(=O)Cn2cc(C#CC3CN(c4ccc5c(c4)C(=O)N(C4CCC(=O)NC4=O)C5=O)C3)cn2)cc1C(F)(F)F. The molecule has 6 rings (SSSR count). The summed E-state index contributed by atoms with van der Waals surface area (Å²) in [5.74, 6) is 3.20. The lowest BCUT2D eigenvalue weighted by Crippen LogP contribution is -2.54. The first-order valence-electron chi connectivity index (χ1n) is 14.0. The predicted octanol–water partition coefficient (Wildman–Crippen LogP) is 2.30. The van der Waals surface area contributed by atoms with Crippen molar-refractivity contribution >= 4 is 40.9 Å². The van der Waals surface area contributed by atoms with Crippen molar-refractivity contribution in [3.63, 3.8) is 0 Å². The Morgan fingerprint density at radius 2 is 1.83 bits per heavy atom. The zero-order chi connectivity index (χ0) is 32.7. The minimum atomic E-state index is -4.75. The van der Waals surface area contributed by atoms with Crippen LogP contribution in [0.1, 0.15) is 50.2 Å². The molecule has 3 aromatic rings. The van der Waals surface area contributed by atoms with Crippen molar-refractivity contribution in [3.8, 4) is 17.9 Å². The average molecular weight is 630 g/mol. The summed E-state index contributed by atoms with van der Waals surface area (Å²) in [5.41, 5.74) is -0.167. The van der Waals surface area contributed by atoms with Crippen molar-refractivity contribution in [3.05, 3.63) is 76.6 Å². The van der Waals surface area contributed by atoms with E-state index in [0.717, 1.165) is 11.0 Å². The third kappa shape index (κ3) is 5.78. The van der Waals surface area contributed by atoms with E-state index in [2.05, 4.69) is 27.6 Å². The molecule has 0 saturated carbocycles. The highest BCUT2D eigenvalue weighted by Crippen LogP contribution is 2.34. The van der Waals surface area contributed by atoms with Gasteiger partial charge >= 0.3 is 6.18 Å². The number of amides is 5. The molecular weight excluding hydrogens is 607 g/mol. The van der Waals surface area contributed by atoms with Gasteiger partial charge in [-0.15, -0.1) is 0 Å². The number of halogens is 3. The van der Waals surface area contributed by atoms with Crippen molar-refractivity contribution in [1.82, 2.24) is 20.0 Å². The summed E-state index contributed by atoms with van der Waals surface area (Å²) in [6.45, 7) is 0.818. The first-order chi connectivity index (χ1) is 21.9. The van der Waals surface area contributed by atoms with Crippen molar-refractivity contribution < 1.29 is 37.1 Å². The molecule has 46 heavy (non-hydrogen) atoms. The number of anilines is 2. The van der Waals surface area contributed by atoms with Gasteiger partial charge in [-0.1, -0.05) is 11.8 Å². The topological polar surface area (TPSA) is 158 Å². The second-order valence-corrected chi connectivity index (χ2v) is 10.9. The number of carbonyl (C=O) groups excluding carboxylic acids is 5. The van der Waals surface area contributed by atoms with Gasteiger partial charge in [0, 0.05) is 37.1 Å². The smallest absolute Gasteiger partial charge is 0.369 e. The number of hydrogen-bond acceptors (Lipinski definition) is 8. The Kier molecular flexibility index (Phi) is 7.53. The predicted molar refractivity (Wildman–Crippen MR) is 153 cm³/mol. The molecule has 15 heteroatoms. The third-order valence-corrected chi connectivity index (χ3v) is 7.76. The van der Waals surface area contributed by atoms with Crippen molar-refractivity contribution in [2.75, 3.05) is 23.3 Å². The van der Waals surface area contributed by atoms with Crippen LogP contribution in [0, 0.1) is 29.1 Å². The number of rotatable bonds is 5. The number of carbonyl (C=O) groups is 5. The summed E-state index contributed by atoms with van der Waals surface area (Å²) in [4.78, 5) is 65.1. The van der Waals surface area contributed by atoms with E-state index in [0.29, 0.717) is 30.4 Å². The third-order valence-electron chi connectivity index (χ3n) is 7.76. The lowest BCUT2D eigenvalue weighted by molar-refractivity contribution is -0.138. The van der Waals surface area contributed by atoms with Crippen LogP contribution in [0.4, 0.5) is 24.5 Å². The van der Waals surface area contributed by atoms with Gasteiger partial charge in [0.1, 0.15) is 12.6 Å². The van der Waals surface area contributed by atoms with Crippen LogP contribution in [0.5, 0.6) is 0 Å². The number of imide groups is 2. The van der Waals surface area contributed by atoms with Gasteiger partial charge in [0.05, 0.1) is 46.0 Å². The molecule has 2 fully saturated rings. The zero-order valence-electron chi connectivity index (χ0n) is 23.7. The zero-order valence-corrected chi connectivity index (χ0v) is 23.7. The normalized spacial score (nSPS) is 17.9. The lowest BCUT2D eigenvalue weighted by atomic mass is 9.98. The molecule has 4 heterocycles. The van der Waals surface area contributed by atoms with Crippen LogP contribution in [-0.4, -0.2) is 63.3 Å². The molecule has 0 bridgehead atoms. The second kappa shape index (κ2) is 11.5. The van der Waals surface area contributed by atoms with Gasteiger partial charge in [-0.05, 0) is 42.8 Å². The summed E-state index contributed by atoms with van der Waals surface area (Å²) >= 11 is 0. The van der Waals surface area contributed by atoms with E-state index in [4.69, 9.17) is 5.26 Å². The first kappa shape index (κ1) is 30.1. The van der Waals surface area contributed by atoms with Crippen LogP contribution in [0.25, 0.3) is 0 Å². The van der Waals surface area contributed by atoms with Gasteiger partial charge in [-0.2, -0.15) is 23.5 Å². The van der Waals surface area contributed by atoms with Gasteiger partial charge in [0.25, 0.3) is 11.8 Å². The number of benzene rings is 2. The van der Waals surface area contributed by atoms with E-state index in [-0.39, 0.29) is 42.1 Å². The number of alkyl halides is 3. The number of aromatic nitrogens is 2. The Morgan fingerprint density at radius 1 is 1.07 bits per heavy atom. The summed E-state index contributed by atoms with van der Waals surface area (Å²) in [5, 5.41) is 17.5. The second-order valence-electron chi connectivity index (χ2n) is 10.9. The molecule has 0 spiro atoms. The number of nitrogens with one attached hydrogen (secondary N) is 2. The highest BCUT2D eigenvalue weighted by atomic mass is 19.4. The molecule has 3 aliphatic heterocycles. The van der Waals surface area contributed by atoms with Crippen molar-refractivity contribution in [2.45, 2.75) is 31.6 Å². The molecule has 232 valence electrons. The molecule has 2 aromatic carbocycles. The minimum absolute atomic E-state index is 0.0172. The summed E-state index contributed by atoms with van der Waals surface area (Å²) < 4.78 is 40.9. The van der Waals surface area contributed by atoms with Crippen LogP contribution in [-0.2, 0) is 27.1 Å². The minimum Gasteiger partial charge on any atom is -0.369 e. The van der Waals surface area contributed by atoms with E-state index in [9.17, 15) is 37.1 Å². The highest BCUT2D eigenvalue weighted by molar-refractivity contribution is 6.23. The summed E-state index contributed by atoms with van der Waals surface area (Å²) in [6.07, 6.45) is -1.65. The fourth-order valence-electron chi connectivity index (χ4n) is 5.44.